The molecule has 1 aliphatic heterocycles. The van der Waals surface area contributed by atoms with Crippen molar-refractivity contribution in [1.82, 2.24) is 10.2 Å². The fraction of sp³-hybridized carbons (Fsp3) is 0.467. The second-order valence-corrected chi connectivity index (χ2v) is 7.56. The monoisotopic (exact) mass is 336 g/mol. The molecular weight excluding hydrogens is 316 g/mol. The van der Waals surface area contributed by atoms with E-state index in [4.69, 9.17) is 5.73 Å². The third-order valence-corrected chi connectivity index (χ3v) is 5.47. The average molecular weight is 336 g/mol. The minimum atomic E-state index is -3.67. The topological polar surface area (TPSA) is 105 Å². The molecule has 0 spiro atoms. The number of likely N-dealkylation sites (N-methyl/N-ethyl adjacent to an activating group) is 1. The van der Waals surface area contributed by atoms with Crippen LogP contribution in [-0.4, -0.2) is 51.2 Å². The van der Waals surface area contributed by atoms with E-state index < -0.39 is 10.0 Å². The molecule has 1 aromatic rings. The summed E-state index contributed by atoms with van der Waals surface area (Å²) in [5.41, 5.74) is 6.21. The maximum atomic E-state index is 12.2. The van der Waals surface area contributed by atoms with Crippen molar-refractivity contribution in [1.29, 1.82) is 0 Å². The minimum Gasteiger partial charge on any atom is -0.350 e. The van der Waals surface area contributed by atoms with Gasteiger partial charge in [0.15, 0.2) is 5.84 Å². The molecule has 0 aromatic heterocycles. The Balaban J connectivity index is 1.71. The van der Waals surface area contributed by atoms with Gasteiger partial charge in [-0.1, -0.05) is 12.1 Å². The molecule has 1 saturated carbocycles. The molecule has 3 N–H and O–H groups in total. The molecule has 0 bridgehead atoms. The summed E-state index contributed by atoms with van der Waals surface area (Å²) in [7, 11) is -2.01. The van der Waals surface area contributed by atoms with Crippen LogP contribution in [0.25, 0.3) is 0 Å². The van der Waals surface area contributed by atoms with E-state index in [1.807, 2.05) is 0 Å². The van der Waals surface area contributed by atoms with Crippen LogP contribution in [0.5, 0.6) is 0 Å². The molecule has 1 heterocycles. The van der Waals surface area contributed by atoms with Crippen LogP contribution in [0, 0.1) is 5.92 Å². The Kier molecular flexibility index (Phi) is 4.11. The second kappa shape index (κ2) is 5.93. The van der Waals surface area contributed by atoms with Crippen molar-refractivity contribution in [2.24, 2.45) is 16.0 Å². The summed E-state index contributed by atoms with van der Waals surface area (Å²) in [5.74, 6) is 0.588. The van der Waals surface area contributed by atoms with Gasteiger partial charge >= 0.3 is 0 Å². The van der Waals surface area contributed by atoms with Crippen LogP contribution in [0.1, 0.15) is 18.4 Å². The van der Waals surface area contributed by atoms with E-state index >= 15 is 0 Å². The summed E-state index contributed by atoms with van der Waals surface area (Å²) < 4.78 is 27.9. The summed E-state index contributed by atoms with van der Waals surface area (Å²) in [6, 6.07) is 6.62. The molecule has 0 saturated heterocycles. The van der Waals surface area contributed by atoms with E-state index in [1.165, 1.54) is 6.07 Å². The standard InChI is InChI=1S/C15H20N4O3S/c1-19(9-14(20)17-12(8-16)10-6-7-10)15-11-4-2-3-5-13(11)23(21,22)18-15/h2-5,10,12H,6-9,16H2,1H3,(H,17,20). The number of carbonyl (C=O) groups excluding carboxylic acids is 1. The third-order valence-electron chi connectivity index (χ3n) is 4.15. The summed E-state index contributed by atoms with van der Waals surface area (Å²) >= 11 is 0. The van der Waals surface area contributed by atoms with Gasteiger partial charge in [-0.3, -0.25) is 4.79 Å². The van der Waals surface area contributed by atoms with E-state index in [0.29, 0.717) is 23.9 Å². The lowest BCUT2D eigenvalue weighted by molar-refractivity contribution is -0.122. The number of rotatable bonds is 5. The predicted molar refractivity (Wildman–Crippen MR) is 86.5 cm³/mol. The van der Waals surface area contributed by atoms with Gasteiger partial charge in [-0.25, -0.2) is 0 Å². The van der Waals surface area contributed by atoms with Crippen LogP contribution in [0.15, 0.2) is 33.6 Å². The molecule has 23 heavy (non-hydrogen) atoms. The summed E-state index contributed by atoms with van der Waals surface area (Å²) in [5, 5.41) is 2.92. The molecule has 2 aliphatic rings. The molecular formula is C15H20N4O3S. The van der Waals surface area contributed by atoms with Crippen molar-refractivity contribution >= 4 is 21.8 Å². The highest BCUT2D eigenvalue weighted by molar-refractivity contribution is 7.90. The fourth-order valence-electron chi connectivity index (χ4n) is 2.77. The molecule has 8 heteroatoms. The molecule has 1 amide bonds. The van der Waals surface area contributed by atoms with Crippen molar-refractivity contribution in [2.45, 2.75) is 23.8 Å². The van der Waals surface area contributed by atoms with Gasteiger partial charge < -0.3 is 16.0 Å². The molecule has 1 atom stereocenters. The zero-order valence-electron chi connectivity index (χ0n) is 12.9. The fourth-order valence-corrected chi connectivity index (χ4v) is 4.03. The molecule has 3 rings (SSSR count). The molecule has 1 aliphatic carbocycles. The predicted octanol–water partition coefficient (Wildman–Crippen LogP) is -0.0792. The third kappa shape index (κ3) is 3.23. The average Bonchev–Trinajstić information content (AvgIpc) is 3.31. The SMILES string of the molecule is CN(CC(=O)NC(CN)C1CC1)C1=NS(=O)(=O)c2ccccc21. The maximum Gasteiger partial charge on any atom is 0.285 e. The Morgan fingerprint density at radius 3 is 2.78 bits per heavy atom. The second-order valence-electron chi connectivity index (χ2n) is 5.99. The van der Waals surface area contributed by atoms with Gasteiger partial charge in [0.1, 0.15) is 4.90 Å². The Hall–Kier alpha value is -1.93. The highest BCUT2D eigenvalue weighted by Gasteiger charge is 2.33. The zero-order chi connectivity index (χ0) is 16.6. The molecule has 7 nitrogen and oxygen atoms in total. The van der Waals surface area contributed by atoms with Crippen LogP contribution in [0.4, 0.5) is 0 Å². The summed E-state index contributed by atoms with van der Waals surface area (Å²) in [6.45, 7) is 0.449. The van der Waals surface area contributed by atoms with Gasteiger partial charge in [0.25, 0.3) is 10.0 Å². The lowest BCUT2D eigenvalue weighted by Crippen LogP contribution is -2.46. The van der Waals surface area contributed by atoms with E-state index in [1.54, 1.807) is 30.1 Å². The number of amidine groups is 1. The van der Waals surface area contributed by atoms with Crippen LogP contribution >= 0.6 is 0 Å². The van der Waals surface area contributed by atoms with Gasteiger partial charge in [0, 0.05) is 25.2 Å². The first-order chi connectivity index (χ1) is 10.9. The lowest BCUT2D eigenvalue weighted by Gasteiger charge is -2.21. The number of fused-ring (bicyclic) bond motifs is 1. The number of benzene rings is 1. The highest BCUT2D eigenvalue weighted by atomic mass is 32.2. The number of sulfonamides is 1. The Morgan fingerprint density at radius 2 is 2.13 bits per heavy atom. The molecule has 1 aromatic carbocycles. The van der Waals surface area contributed by atoms with Crippen molar-refractivity contribution < 1.29 is 13.2 Å². The number of nitrogens with one attached hydrogen (secondary N) is 1. The minimum absolute atomic E-state index is 0.00237. The Bertz CT molecular complexity index is 756. The van der Waals surface area contributed by atoms with Crippen LogP contribution < -0.4 is 11.1 Å². The van der Waals surface area contributed by atoms with Crippen LogP contribution in [0.2, 0.25) is 0 Å². The first-order valence-corrected chi connectivity index (χ1v) is 9.01. The maximum absolute atomic E-state index is 12.2. The summed E-state index contributed by atoms with van der Waals surface area (Å²) in [6.07, 6.45) is 2.19. The van der Waals surface area contributed by atoms with Gasteiger partial charge in [0.05, 0.1) is 6.54 Å². The first kappa shape index (κ1) is 15.9. The summed E-state index contributed by atoms with van der Waals surface area (Å²) in [4.78, 5) is 13.9. The Morgan fingerprint density at radius 1 is 1.43 bits per heavy atom. The van der Waals surface area contributed by atoms with Crippen LogP contribution in [-0.2, 0) is 14.8 Å². The largest absolute Gasteiger partial charge is 0.350 e. The number of carbonyl (C=O) groups is 1. The number of nitrogens with zero attached hydrogens (tertiary/aromatic N) is 2. The van der Waals surface area contributed by atoms with Crippen molar-refractivity contribution in [3.05, 3.63) is 29.8 Å². The Labute approximate surface area is 135 Å². The first-order valence-electron chi connectivity index (χ1n) is 7.57. The molecule has 0 radical (unpaired) electrons. The van der Waals surface area contributed by atoms with E-state index in [0.717, 1.165) is 12.8 Å². The van der Waals surface area contributed by atoms with Gasteiger partial charge in [0.2, 0.25) is 5.91 Å². The van der Waals surface area contributed by atoms with Crippen molar-refractivity contribution in [3.63, 3.8) is 0 Å². The van der Waals surface area contributed by atoms with Crippen molar-refractivity contribution in [3.8, 4) is 0 Å². The molecule has 1 fully saturated rings. The van der Waals surface area contributed by atoms with Gasteiger partial charge in [-0.15, -0.1) is 4.40 Å². The number of hydrogen-bond acceptors (Lipinski definition) is 5. The normalized spacial score (nSPS) is 19.7. The number of amides is 1. The number of nitrogens with two attached hydrogens (primary N) is 1. The number of hydrogen-bond donors (Lipinski definition) is 2. The van der Waals surface area contributed by atoms with E-state index in [-0.39, 0.29) is 23.4 Å². The van der Waals surface area contributed by atoms with E-state index in [2.05, 4.69) is 9.71 Å². The zero-order valence-corrected chi connectivity index (χ0v) is 13.7. The van der Waals surface area contributed by atoms with Crippen LogP contribution in [0.3, 0.4) is 0 Å². The molecule has 124 valence electrons. The quantitative estimate of drug-likeness (QED) is 0.782. The van der Waals surface area contributed by atoms with Gasteiger partial charge in [-0.2, -0.15) is 8.42 Å². The van der Waals surface area contributed by atoms with Crippen molar-refractivity contribution in [2.75, 3.05) is 20.1 Å². The highest BCUT2D eigenvalue weighted by Crippen LogP contribution is 2.32. The lowest BCUT2D eigenvalue weighted by atomic mass is 10.2. The van der Waals surface area contributed by atoms with E-state index in [9.17, 15) is 13.2 Å². The smallest absolute Gasteiger partial charge is 0.285 e. The van der Waals surface area contributed by atoms with Gasteiger partial charge in [-0.05, 0) is 30.9 Å². The molecule has 1 unspecified atom stereocenters.